The maximum absolute atomic E-state index is 12.2. The van der Waals surface area contributed by atoms with Gasteiger partial charge >= 0.3 is 0 Å². The van der Waals surface area contributed by atoms with Gasteiger partial charge in [-0.3, -0.25) is 9.44 Å². The highest BCUT2D eigenvalue weighted by molar-refractivity contribution is 9.11. The minimum atomic E-state index is -3.78. The fourth-order valence-electron chi connectivity index (χ4n) is 1.80. The number of thiazole rings is 1. The maximum atomic E-state index is 12.2. The Labute approximate surface area is 161 Å². The molecule has 0 amide bonds. The van der Waals surface area contributed by atoms with Crippen LogP contribution in [0.25, 0.3) is 0 Å². The molecule has 0 saturated carbocycles. The summed E-state index contributed by atoms with van der Waals surface area (Å²) in [5.41, 5.74) is 0.262. The normalized spacial score (nSPS) is 12.0. The zero-order valence-corrected chi connectivity index (χ0v) is 17.1. The first-order valence-electron chi connectivity index (χ1n) is 6.57. The van der Waals surface area contributed by atoms with E-state index in [1.807, 2.05) is 0 Å². The molecule has 0 aliphatic carbocycles. The Kier molecular flexibility index (Phi) is 5.16. The predicted molar refractivity (Wildman–Crippen MR) is 102 cm³/mol. The second-order valence-corrected chi connectivity index (χ2v) is 11.6. The molecule has 0 saturated heterocycles. The largest absolute Gasteiger partial charge is 0.279 e. The first-order chi connectivity index (χ1) is 11.8. The van der Waals surface area contributed by atoms with Crippen LogP contribution in [0.5, 0.6) is 0 Å². The Morgan fingerprint density at radius 3 is 2.20 bits per heavy atom. The second kappa shape index (κ2) is 7.03. The summed E-state index contributed by atoms with van der Waals surface area (Å²) >= 11 is 5.45. The van der Waals surface area contributed by atoms with E-state index in [2.05, 4.69) is 30.4 Å². The van der Waals surface area contributed by atoms with Crippen molar-refractivity contribution in [2.45, 2.75) is 9.10 Å². The zero-order valence-electron chi connectivity index (χ0n) is 12.2. The third-order valence-corrected chi connectivity index (χ3v) is 8.55. The fourth-order valence-corrected chi connectivity index (χ4v) is 6.65. The van der Waals surface area contributed by atoms with Crippen LogP contribution in [0.2, 0.25) is 0 Å². The van der Waals surface area contributed by atoms with E-state index in [0.29, 0.717) is 3.79 Å². The van der Waals surface area contributed by atoms with E-state index in [-0.39, 0.29) is 19.9 Å². The lowest BCUT2D eigenvalue weighted by atomic mass is 10.3. The number of anilines is 2. The third-order valence-electron chi connectivity index (χ3n) is 2.88. The minimum absolute atomic E-state index is 0.00418. The van der Waals surface area contributed by atoms with Crippen molar-refractivity contribution in [1.29, 1.82) is 0 Å². The summed E-state index contributed by atoms with van der Waals surface area (Å²) in [5.74, 6) is 0. The molecule has 7 nitrogen and oxygen atoms in total. The SMILES string of the molecule is O=S(=O)(Nc1nccs1)c1ccc(NS(=O)(=O)c2ccc(Br)s2)cc1. The fraction of sp³-hybridized carbons (Fsp3) is 0. The standard InChI is InChI=1S/C13H10BrN3O4S4/c14-11-5-6-12(23-11)25(20,21)16-9-1-3-10(4-2-9)24(18,19)17-13-15-7-8-22-13/h1-8,16H,(H,15,17). The number of thiophene rings is 1. The molecule has 12 heteroatoms. The Hall–Kier alpha value is -1.47. The summed E-state index contributed by atoms with van der Waals surface area (Å²) in [6, 6.07) is 8.52. The summed E-state index contributed by atoms with van der Waals surface area (Å²) in [6.07, 6.45) is 1.49. The molecule has 0 radical (unpaired) electrons. The highest BCUT2D eigenvalue weighted by Gasteiger charge is 2.18. The molecule has 0 bridgehead atoms. The number of hydrogen-bond donors (Lipinski definition) is 2. The lowest BCUT2D eigenvalue weighted by Crippen LogP contribution is -2.14. The number of benzene rings is 1. The van der Waals surface area contributed by atoms with Gasteiger partial charge in [0.2, 0.25) is 0 Å². The van der Waals surface area contributed by atoms with Gasteiger partial charge in [-0.15, -0.1) is 22.7 Å². The molecule has 25 heavy (non-hydrogen) atoms. The van der Waals surface area contributed by atoms with E-state index in [0.717, 1.165) is 22.7 Å². The van der Waals surface area contributed by atoms with Gasteiger partial charge in [0.25, 0.3) is 20.0 Å². The predicted octanol–water partition coefficient (Wildman–Crippen LogP) is 3.57. The van der Waals surface area contributed by atoms with Gasteiger partial charge in [0.15, 0.2) is 5.13 Å². The first kappa shape index (κ1) is 18.3. The monoisotopic (exact) mass is 479 g/mol. The minimum Gasteiger partial charge on any atom is -0.279 e. The molecule has 2 N–H and O–H groups in total. The molecule has 2 heterocycles. The van der Waals surface area contributed by atoms with Gasteiger partial charge < -0.3 is 0 Å². The molecule has 0 fully saturated rings. The van der Waals surface area contributed by atoms with E-state index >= 15 is 0 Å². The molecule has 2 aromatic heterocycles. The average Bonchev–Trinajstić information content (AvgIpc) is 3.19. The highest BCUT2D eigenvalue weighted by atomic mass is 79.9. The number of rotatable bonds is 6. The van der Waals surface area contributed by atoms with Crippen LogP contribution in [0.1, 0.15) is 0 Å². The molecule has 3 rings (SSSR count). The van der Waals surface area contributed by atoms with Crippen molar-refractivity contribution in [1.82, 2.24) is 4.98 Å². The molecule has 0 aliphatic heterocycles. The van der Waals surface area contributed by atoms with E-state index < -0.39 is 20.0 Å². The molecule has 0 unspecified atom stereocenters. The lowest BCUT2D eigenvalue weighted by molar-refractivity contribution is 0.600. The van der Waals surface area contributed by atoms with Crippen molar-refractivity contribution in [2.24, 2.45) is 0 Å². The molecule has 0 aliphatic rings. The van der Waals surface area contributed by atoms with Crippen molar-refractivity contribution < 1.29 is 16.8 Å². The molecule has 3 aromatic rings. The number of sulfonamides is 2. The average molecular weight is 480 g/mol. The quantitative estimate of drug-likeness (QED) is 0.561. The molecule has 0 atom stereocenters. The van der Waals surface area contributed by atoms with Crippen LogP contribution < -0.4 is 9.44 Å². The van der Waals surface area contributed by atoms with Crippen LogP contribution in [-0.4, -0.2) is 21.8 Å². The van der Waals surface area contributed by atoms with Crippen LogP contribution >= 0.6 is 38.6 Å². The number of hydrogen-bond acceptors (Lipinski definition) is 7. The van der Waals surface area contributed by atoms with Crippen molar-refractivity contribution in [3.8, 4) is 0 Å². The second-order valence-electron chi connectivity index (χ2n) is 4.63. The summed E-state index contributed by atoms with van der Waals surface area (Å²) in [6.45, 7) is 0. The molecule has 0 spiro atoms. The van der Waals surface area contributed by atoms with Gasteiger partial charge in [0.1, 0.15) is 4.21 Å². The summed E-state index contributed by atoms with van der Waals surface area (Å²) < 4.78 is 54.6. The van der Waals surface area contributed by atoms with E-state index in [4.69, 9.17) is 0 Å². The number of nitrogens with one attached hydrogen (secondary N) is 2. The number of halogens is 1. The van der Waals surface area contributed by atoms with Crippen LogP contribution in [0.4, 0.5) is 10.8 Å². The topological polar surface area (TPSA) is 105 Å². The summed E-state index contributed by atoms with van der Waals surface area (Å²) in [4.78, 5) is 3.87. The van der Waals surface area contributed by atoms with Crippen molar-refractivity contribution in [3.05, 3.63) is 51.8 Å². The van der Waals surface area contributed by atoms with Gasteiger partial charge in [-0.2, -0.15) is 0 Å². The number of nitrogens with zero attached hydrogens (tertiary/aromatic N) is 1. The summed E-state index contributed by atoms with van der Waals surface area (Å²) in [7, 11) is -7.49. The van der Waals surface area contributed by atoms with Gasteiger partial charge in [0.05, 0.1) is 8.68 Å². The van der Waals surface area contributed by atoms with Crippen LogP contribution in [-0.2, 0) is 20.0 Å². The van der Waals surface area contributed by atoms with Gasteiger partial charge in [-0.1, -0.05) is 0 Å². The summed E-state index contributed by atoms with van der Waals surface area (Å²) in [5, 5.41) is 1.91. The zero-order chi connectivity index (χ0) is 18.1. The highest BCUT2D eigenvalue weighted by Crippen LogP contribution is 2.28. The number of aromatic nitrogens is 1. The molecular formula is C13H10BrN3O4S4. The Balaban J connectivity index is 1.78. The van der Waals surface area contributed by atoms with Crippen molar-refractivity contribution >= 4 is 69.5 Å². The first-order valence-corrected chi connectivity index (χ1v) is 12.0. The Bertz CT molecular complexity index is 1070. The lowest BCUT2D eigenvalue weighted by Gasteiger charge is -2.08. The van der Waals surface area contributed by atoms with Crippen LogP contribution in [0, 0.1) is 0 Å². The van der Waals surface area contributed by atoms with Gasteiger partial charge in [-0.25, -0.2) is 21.8 Å². The third kappa shape index (κ3) is 4.39. The molecule has 1 aromatic carbocycles. The smallest absolute Gasteiger partial charge is 0.271 e. The van der Waals surface area contributed by atoms with E-state index in [9.17, 15) is 16.8 Å². The molecular weight excluding hydrogens is 470 g/mol. The van der Waals surface area contributed by atoms with Crippen LogP contribution in [0.3, 0.4) is 0 Å². The van der Waals surface area contributed by atoms with Crippen molar-refractivity contribution in [3.63, 3.8) is 0 Å². The van der Waals surface area contributed by atoms with Gasteiger partial charge in [-0.05, 0) is 52.3 Å². The van der Waals surface area contributed by atoms with Gasteiger partial charge in [0, 0.05) is 17.3 Å². The van der Waals surface area contributed by atoms with E-state index in [1.54, 1.807) is 11.4 Å². The Morgan fingerprint density at radius 2 is 1.64 bits per heavy atom. The molecule has 132 valence electrons. The van der Waals surface area contributed by atoms with Crippen LogP contribution in [0.15, 0.2) is 60.9 Å². The maximum Gasteiger partial charge on any atom is 0.271 e. The Morgan fingerprint density at radius 1 is 0.920 bits per heavy atom. The van der Waals surface area contributed by atoms with E-state index in [1.165, 1.54) is 36.5 Å². The van der Waals surface area contributed by atoms with Crippen molar-refractivity contribution in [2.75, 3.05) is 9.44 Å².